The minimum absolute atomic E-state index is 0.0442. The molecule has 6 heteroatoms. The molecule has 0 aliphatic heterocycles. The zero-order valence-electron chi connectivity index (χ0n) is 15.5. The van der Waals surface area contributed by atoms with E-state index in [2.05, 4.69) is 5.32 Å². The summed E-state index contributed by atoms with van der Waals surface area (Å²) in [5.74, 6) is -0.226. The van der Waals surface area contributed by atoms with Crippen LogP contribution < -0.4 is 5.32 Å². The van der Waals surface area contributed by atoms with Crippen LogP contribution in [-0.4, -0.2) is 37.3 Å². The summed E-state index contributed by atoms with van der Waals surface area (Å²) in [6.07, 6.45) is 5.62. The molecule has 0 unspecified atom stereocenters. The van der Waals surface area contributed by atoms with Crippen molar-refractivity contribution in [2.45, 2.75) is 76.3 Å². The van der Waals surface area contributed by atoms with Gasteiger partial charge in [0.25, 0.3) is 0 Å². The third kappa shape index (κ3) is 5.28. The monoisotopic (exact) mass is 366 g/mol. The van der Waals surface area contributed by atoms with Gasteiger partial charge in [-0.05, 0) is 45.2 Å². The van der Waals surface area contributed by atoms with Gasteiger partial charge in [-0.1, -0.05) is 43.9 Å². The number of carbonyl (C=O) groups is 1. The van der Waals surface area contributed by atoms with Crippen LogP contribution in [0, 0.1) is 6.92 Å². The average molecular weight is 367 g/mol. The summed E-state index contributed by atoms with van der Waals surface area (Å²) >= 11 is 0. The van der Waals surface area contributed by atoms with Gasteiger partial charge in [-0.2, -0.15) is 4.31 Å². The number of hydrogen-bond acceptors (Lipinski definition) is 3. The van der Waals surface area contributed by atoms with E-state index in [1.54, 1.807) is 24.3 Å². The van der Waals surface area contributed by atoms with Crippen molar-refractivity contribution in [2.24, 2.45) is 0 Å². The van der Waals surface area contributed by atoms with E-state index >= 15 is 0 Å². The SMILES string of the molecule is CC[C@H](C)NC(=O)CN(C1CCCCC1)S(=O)(=O)c1ccc(C)cc1. The Kier molecular flexibility index (Phi) is 7.02. The van der Waals surface area contributed by atoms with Crippen LogP contribution >= 0.6 is 0 Å². The molecule has 140 valence electrons. The third-order valence-corrected chi connectivity index (χ3v) is 6.84. The predicted molar refractivity (Wildman–Crippen MR) is 99.8 cm³/mol. The van der Waals surface area contributed by atoms with Crippen LogP contribution in [0.3, 0.4) is 0 Å². The highest BCUT2D eigenvalue weighted by Gasteiger charge is 2.34. The molecule has 1 aliphatic rings. The van der Waals surface area contributed by atoms with E-state index in [1.807, 2.05) is 20.8 Å². The first-order valence-electron chi connectivity index (χ1n) is 9.22. The fraction of sp³-hybridized carbons (Fsp3) is 0.632. The summed E-state index contributed by atoms with van der Waals surface area (Å²) < 4.78 is 27.8. The number of amides is 1. The van der Waals surface area contributed by atoms with Gasteiger partial charge in [-0.3, -0.25) is 4.79 Å². The lowest BCUT2D eigenvalue weighted by Crippen LogP contribution is -2.48. The number of rotatable bonds is 7. The van der Waals surface area contributed by atoms with Crippen LogP contribution in [0.15, 0.2) is 29.2 Å². The van der Waals surface area contributed by atoms with E-state index in [1.165, 1.54) is 4.31 Å². The highest BCUT2D eigenvalue weighted by atomic mass is 32.2. The Hall–Kier alpha value is -1.40. The molecule has 0 saturated heterocycles. The molecule has 1 saturated carbocycles. The van der Waals surface area contributed by atoms with Crippen LogP contribution in [0.2, 0.25) is 0 Å². The minimum Gasteiger partial charge on any atom is -0.353 e. The van der Waals surface area contributed by atoms with Crippen LogP contribution in [0.4, 0.5) is 0 Å². The number of hydrogen-bond donors (Lipinski definition) is 1. The molecule has 0 spiro atoms. The first kappa shape index (κ1) is 19.9. The zero-order chi connectivity index (χ0) is 18.4. The normalized spacial score (nSPS) is 17.4. The van der Waals surface area contributed by atoms with Crippen LogP contribution in [0.1, 0.15) is 57.9 Å². The Bertz CT molecular complexity index is 664. The third-order valence-electron chi connectivity index (χ3n) is 4.93. The van der Waals surface area contributed by atoms with Gasteiger partial charge >= 0.3 is 0 Å². The van der Waals surface area contributed by atoms with Gasteiger partial charge in [0.05, 0.1) is 11.4 Å². The molecule has 1 aromatic rings. The first-order valence-corrected chi connectivity index (χ1v) is 10.7. The molecule has 25 heavy (non-hydrogen) atoms. The largest absolute Gasteiger partial charge is 0.353 e. The Morgan fingerprint density at radius 3 is 2.36 bits per heavy atom. The maximum Gasteiger partial charge on any atom is 0.243 e. The molecule has 0 aromatic heterocycles. The van der Waals surface area contributed by atoms with E-state index < -0.39 is 10.0 Å². The molecule has 1 N–H and O–H groups in total. The van der Waals surface area contributed by atoms with Crippen LogP contribution in [0.25, 0.3) is 0 Å². The lowest BCUT2D eigenvalue weighted by atomic mass is 9.95. The fourth-order valence-corrected chi connectivity index (χ4v) is 4.83. The van der Waals surface area contributed by atoms with Crippen LogP contribution in [0.5, 0.6) is 0 Å². The molecule has 1 aromatic carbocycles. The van der Waals surface area contributed by atoms with Gasteiger partial charge in [0.2, 0.25) is 15.9 Å². The van der Waals surface area contributed by atoms with Gasteiger partial charge in [0, 0.05) is 12.1 Å². The van der Waals surface area contributed by atoms with Gasteiger partial charge < -0.3 is 5.32 Å². The Labute approximate surface area is 151 Å². The number of sulfonamides is 1. The molecule has 0 radical (unpaired) electrons. The summed E-state index contributed by atoms with van der Waals surface area (Å²) in [6.45, 7) is 5.74. The molecule has 1 fully saturated rings. The maximum atomic E-state index is 13.2. The van der Waals surface area contributed by atoms with E-state index in [0.717, 1.165) is 44.1 Å². The molecule has 2 rings (SSSR count). The van der Waals surface area contributed by atoms with Gasteiger partial charge in [0.1, 0.15) is 0 Å². The molecule has 5 nitrogen and oxygen atoms in total. The quantitative estimate of drug-likeness (QED) is 0.806. The summed E-state index contributed by atoms with van der Waals surface area (Å²) in [5, 5.41) is 2.89. The molecule has 0 bridgehead atoms. The van der Waals surface area contributed by atoms with Crippen molar-refractivity contribution in [1.82, 2.24) is 9.62 Å². The van der Waals surface area contributed by atoms with Crippen LogP contribution in [-0.2, 0) is 14.8 Å². The second kappa shape index (κ2) is 8.81. The zero-order valence-corrected chi connectivity index (χ0v) is 16.3. The Balaban J connectivity index is 2.26. The smallest absolute Gasteiger partial charge is 0.243 e. The van der Waals surface area contributed by atoms with Gasteiger partial charge in [-0.15, -0.1) is 0 Å². The second-order valence-electron chi connectivity index (χ2n) is 7.03. The van der Waals surface area contributed by atoms with E-state index in [-0.39, 0.29) is 29.4 Å². The van der Waals surface area contributed by atoms with Crippen molar-refractivity contribution in [3.05, 3.63) is 29.8 Å². The first-order chi connectivity index (χ1) is 11.8. The van der Waals surface area contributed by atoms with E-state index in [0.29, 0.717) is 0 Å². The van der Waals surface area contributed by atoms with Gasteiger partial charge in [-0.25, -0.2) is 8.42 Å². The Morgan fingerprint density at radius 2 is 1.80 bits per heavy atom. The molecular formula is C19H30N2O3S. The summed E-state index contributed by atoms with van der Waals surface area (Å²) in [4.78, 5) is 12.6. The maximum absolute atomic E-state index is 13.2. The molecule has 1 atom stereocenters. The number of nitrogens with zero attached hydrogens (tertiary/aromatic N) is 1. The number of carbonyl (C=O) groups excluding carboxylic acids is 1. The Morgan fingerprint density at radius 1 is 1.20 bits per heavy atom. The topological polar surface area (TPSA) is 66.5 Å². The van der Waals surface area contributed by atoms with Crippen molar-refractivity contribution >= 4 is 15.9 Å². The lowest BCUT2D eigenvalue weighted by Gasteiger charge is -2.33. The summed E-state index contributed by atoms with van der Waals surface area (Å²) in [7, 11) is -3.68. The molecule has 1 amide bonds. The fourth-order valence-electron chi connectivity index (χ4n) is 3.19. The molecular weight excluding hydrogens is 336 g/mol. The second-order valence-corrected chi connectivity index (χ2v) is 8.92. The minimum atomic E-state index is -3.68. The number of nitrogens with one attached hydrogen (secondary N) is 1. The van der Waals surface area contributed by atoms with Crippen molar-refractivity contribution in [1.29, 1.82) is 0 Å². The number of aryl methyl sites for hydroxylation is 1. The molecule has 1 aliphatic carbocycles. The highest BCUT2D eigenvalue weighted by Crippen LogP contribution is 2.27. The summed E-state index contributed by atoms with van der Waals surface area (Å²) in [5.41, 5.74) is 1.01. The lowest BCUT2D eigenvalue weighted by molar-refractivity contribution is -0.122. The summed E-state index contributed by atoms with van der Waals surface area (Å²) in [6, 6.07) is 6.81. The van der Waals surface area contributed by atoms with Crippen molar-refractivity contribution in [3.63, 3.8) is 0 Å². The van der Waals surface area contributed by atoms with Crippen molar-refractivity contribution in [3.8, 4) is 0 Å². The van der Waals surface area contributed by atoms with E-state index in [9.17, 15) is 13.2 Å². The number of benzene rings is 1. The van der Waals surface area contributed by atoms with Gasteiger partial charge in [0.15, 0.2) is 0 Å². The molecule has 0 heterocycles. The van der Waals surface area contributed by atoms with E-state index in [4.69, 9.17) is 0 Å². The predicted octanol–water partition coefficient (Wildman–Crippen LogP) is 3.23. The standard InChI is InChI=1S/C19H30N2O3S/c1-4-16(3)20-19(22)14-21(17-8-6-5-7-9-17)25(23,24)18-12-10-15(2)11-13-18/h10-13,16-17H,4-9,14H2,1-3H3,(H,20,22)/t16-/m0/s1. The van der Waals surface area contributed by atoms with Crippen molar-refractivity contribution < 1.29 is 13.2 Å². The van der Waals surface area contributed by atoms with Crippen molar-refractivity contribution in [2.75, 3.05) is 6.54 Å². The highest BCUT2D eigenvalue weighted by molar-refractivity contribution is 7.89. The average Bonchev–Trinajstić information content (AvgIpc) is 2.60.